The van der Waals surface area contributed by atoms with Gasteiger partial charge in [0.1, 0.15) is 0 Å². The van der Waals surface area contributed by atoms with Crippen molar-refractivity contribution in [3.8, 4) is 11.1 Å². The van der Waals surface area contributed by atoms with Crippen molar-refractivity contribution >= 4 is 5.97 Å². The van der Waals surface area contributed by atoms with E-state index in [-0.39, 0.29) is 11.1 Å². The van der Waals surface area contributed by atoms with Gasteiger partial charge in [0.15, 0.2) is 0 Å². The number of hydrogen-bond acceptors (Lipinski definition) is 1. The standard InChI is InChI=1S/C18H17F3O2/c1-2-6-15(17(22)23)13-9-10-14(12-7-4-3-5-8-12)16(11-13)18(19,20)21/h3-5,7-11,15H,2,6H2,1H3,(H,22,23). The molecule has 2 rings (SSSR count). The molecule has 0 aromatic heterocycles. The molecule has 2 aromatic rings. The first-order valence-corrected chi connectivity index (χ1v) is 7.34. The van der Waals surface area contributed by atoms with Crippen molar-refractivity contribution in [2.75, 3.05) is 0 Å². The van der Waals surface area contributed by atoms with Crippen molar-refractivity contribution in [1.29, 1.82) is 0 Å². The van der Waals surface area contributed by atoms with Gasteiger partial charge in [0.25, 0.3) is 0 Å². The first-order chi connectivity index (χ1) is 10.8. The van der Waals surface area contributed by atoms with Crippen LogP contribution < -0.4 is 0 Å². The van der Waals surface area contributed by atoms with Crippen molar-refractivity contribution in [3.63, 3.8) is 0 Å². The molecule has 0 amide bonds. The van der Waals surface area contributed by atoms with Crippen LogP contribution in [0.1, 0.15) is 36.8 Å². The average Bonchev–Trinajstić information content (AvgIpc) is 2.52. The summed E-state index contributed by atoms with van der Waals surface area (Å²) in [6, 6.07) is 12.1. The van der Waals surface area contributed by atoms with Crippen molar-refractivity contribution in [2.45, 2.75) is 31.9 Å². The van der Waals surface area contributed by atoms with E-state index in [1.54, 1.807) is 37.3 Å². The lowest BCUT2D eigenvalue weighted by Gasteiger charge is -2.18. The zero-order valence-corrected chi connectivity index (χ0v) is 12.6. The van der Waals surface area contributed by atoms with Gasteiger partial charge < -0.3 is 5.11 Å². The molecule has 0 aliphatic carbocycles. The van der Waals surface area contributed by atoms with Crippen LogP contribution in [0, 0.1) is 0 Å². The molecule has 0 fully saturated rings. The molecule has 0 spiro atoms. The predicted octanol–water partition coefficient (Wildman–Crippen LogP) is 5.34. The molecule has 0 aliphatic heterocycles. The summed E-state index contributed by atoms with van der Waals surface area (Å²) in [5.74, 6) is -2.03. The van der Waals surface area contributed by atoms with Gasteiger partial charge in [0.05, 0.1) is 11.5 Å². The Balaban J connectivity index is 2.57. The Bertz CT molecular complexity index is 678. The molecular formula is C18H17F3O2. The fourth-order valence-corrected chi connectivity index (χ4v) is 2.60. The molecule has 0 aliphatic rings. The normalized spacial score (nSPS) is 12.9. The highest BCUT2D eigenvalue weighted by Crippen LogP contribution is 2.39. The second kappa shape index (κ2) is 6.86. The van der Waals surface area contributed by atoms with Gasteiger partial charge >= 0.3 is 12.1 Å². The van der Waals surface area contributed by atoms with E-state index in [4.69, 9.17) is 0 Å². The van der Waals surface area contributed by atoms with Gasteiger partial charge in [-0.05, 0) is 29.2 Å². The van der Waals surface area contributed by atoms with E-state index in [2.05, 4.69) is 0 Å². The summed E-state index contributed by atoms with van der Waals surface area (Å²) in [6.07, 6.45) is -3.66. The number of aliphatic carboxylic acids is 1. The molecular weight excluding hydrogens is 305 g/mol. The number of rotatable bonds is 5. The minimum atomic E-state index is -4.55. The third-order valence-electron chi connectivity index (χ3n) is 3.71. The quantitative estimate of drug-likeness (QED) is 0.806. The molecule has 1 N–H and O–H groups in total. The third-order valence-corrected chi connectivity index (χ3v) is 3.71. The van der Waals surface area contributed by atoms with E-state index >= 15 is 0 Å². The van der Waals surface area contributed by atoms with Gasteiger partial charge in [0.2, 0.25) is 0 Å². The van der Waals surface area contributed by atoms with E-state index < -0.39 is 23.6 Å². The van der Waals surface area contributed by atoms with E-state index in [1.807, 2.05) is 0 Å². The number of carboxylic acids is 1. The number of benzene rings is 2. The number of halogens is 3. The number of carboxylic acid groups (broad SMARTS) is 1. The average molecular weight is 322 g/mol. The maximum absolute atomic E-state index is 13.4. The van der Waals surface area contributed by atoms with Gasteiger partial charge in [-0.1, -0.05) is 55.8 Å². The zero-order chi connectivity index (χ0) is 17.0. The van der Waals surface area contributed by atoms with E-state index in [1.165, 1.54) is 12.1 Å². The lowest BCUT2D eigenvalue weighted by atomic mass is 9.89. The lowest BCUT2D eigenvalue weighted by molar-refractivity contribution is -0.140. The maximum atomic E-state index is 13.4. The van der Waals surface area contributed by atoms with E-state index in [9.17, 15) is 23.1 Å². The Kier molecular flexibility index (Phi) is 5.08. The minimum Gasteiger partial charge on any atom is -0.481 e. The van der Waals surface area contributed by atoms with Crippen LogP contribution in [-0.4, -0.2) is 11.1 Å². The van der Waals surface area contributed by atoms with E-state index in [0.717, 1.165) is 6.07 Å². The van der Waals surface area contributed by atoms with Crippen molar-refractivity contribution in [2.24, 2.45) is 0 Å². The van der Waals surface area contributed by atoms with Crippen molar-refractivity contribution in [3.05, 3.63) is 59.7 Å². The highest BCUT2D eigenvalue weighted by Gasteiger charge is 2.35. The molecule has 0 radical (unpaired) electrons. The molecule has 0 saturated carbocycles. The molecule has 122 valence electrons. The first kappa shape index (κ1) is 17.1. The summed E-state index contributed by atoms with van der Waals surface area (Å²) in [4.78, 5) is 11.3. The smallest absolute Gasteiger partial charge is 0.417 e. The highest BCUT2D eigenvalue weighted by atomic mass is 19.4. The van der Waals surface area contributed by atoms with Crippen LogP contribution in [0.2, 0.25) is 0 Å². The lowest BCUT2D eigenvalue weighted by Crippen LogP contribution is -2.14. The Hall–Kier alpha value is -2.30. The van der Waals surface area contributed by atoms with Crippen LogP contribution in [0.5, 0.6) is 0 Å². The number of hydrogen-bond donors (Lipinski definition) is 1. The van der Waals surface area contributed by atoms with Crippen molar-refractivity contribution in [1.82, 2.24) is 0 Å². The molecule has 0 saturated heterocycles. The third kappa shape index (κ3) is 3.92. The first-order valence-electron chi connectivity index (χ1n) is 7.34. The number of carbonyl (C=O) groups is 1. The minimum absolute atomic E-state index is 0.0579. The number of alkyl halides is 3. The van der Waals surface area contributed by atoms with Gasteiger partial charge in [-0.2, -0.15) is 13.2 Å². The Morgan fingerprint density at radius 2 is 1.78 bits per heavy atom. The Labute approximate surface area is 132 Å². The SMILES string of the molecule is CCCC(C(=O)O)c1ccc(-c2ccccc2)c(C(F)(F)F)c1. The maximum Gasteiger partial charge on any atom is 0.417 e. The van der Waals surface area contributed by atoms with Crippen LogP contribution in [0.15, 0.2) is 48.5 Å². The van der Waals surface area contributed by atoms with Crippen LogP contribution in [-0.2, 0) is 11.0 Å². The van der Waals surface area contributed by atoms with Gasteiger partial charge in [0, 0.05) is 0 Å². The highest BCUT2D eigenvalue weighted by molar-refractivity contribution is 5.77. The van der Waals surface area contributed by atoms with Crippen LogP contribution in [0.25, 0.3) is 11.1 Å². The van der Waals surface area contributed by atoms with Crippen LogP contribution in [0.3, 0.4) is 0 Å². The monoisotopic (exact) mass is 322 g/mol. The van der Waals surface area contributed by atoms with Gasteiger partial charge in [-0.15, -0.1) is 0 Å². The van der Waals surface area contributed by atoms with Crippen molar-refractivity contribution < 1.29 is 23.1 Å². The summed E-state index contributed by atoms with van der Waals surface area (Å²) in [5.41, 5.74) is -0.105. The second-order valence-electron chi connectivity index (χ2n) is 5.35. The summed E-state index contributed by atoms with van der Waals surface area (Å²) < 4.78 is 40.3. The molecule has 1 atom stereocenters. The molecule has 1 unspecified atom stereocenters. The summed E-state index contributed by atoms with van der Waals surface area (Å²) in [6.45, 7) is 1.80. The fourth-order valence-electron chi connectivity index (χ4n) is 2.60. The van der Waals surface area contributed by atoms with Crippen LogP contribution >= 0.6 is 0 Å². The molecule has 0 heterocycles. The molecule has 2 aromatic carbocycles. The Morgan fingerprint density at radius 3 is 2.30 bits per heavy atom. The molecule has 23 heavy (non-hydrogen) atoms. The molecule has 5 heteroatoms. The van der Waals surface area contributed by atoms with E-state index in [0.29, 0.717) is 18.4 Å². The predicted molar refractivity (Wildman–Crippen MR) is 82.2 cm³/mol. The van der Waals surface area contributed by atoms with Crippen LogP contribution in [0.4, 0.5) is 13.2 Å². The largest absolute Gasteiger partial charge is 0.481 e. The summed E-state index contributed by atoms with van der Waals surface area (Å²) >= 11 is 0. The van der Waals surface area contributed by atoms with Gasteiger partial charge in [-0.3, -0.25) is 4.79 Å². The molecule has 2 nitrogen and oxygen atoms in total. The second-order valence-corrected chi connectivity index (χ2v) is 5.35. The zero-order valence-electron chi connectivity index (χ0n) is 12.6. The van der Waals surface area contributed by atoms with Gasteiger partial charge in [-0.25, -0.2) is 0 Å². The molecule has 0 bridgehead atoms. The Morgan fingerprint density at radius 1 is 1.13 bits per heavy atom. The fraction of sp³-hybridized carbons (Fsp3) is 0.278. The summed E-state index contributed by atoms with van der Waals surface area (Å²) in [5, 5.41) is 9.26. The summed E-state index contributed by atoms with van der Waals surface area (Å²) in [7, 11) is 0. The topological polar surface area (TPSA) is 37.3 Å².